The zero-order valence-electron chi connectivity index (χ0n) is 22.7. The molecule has 41 heavy (non-hydrogen) atoms. The number of nitrogens with zero attached hydrogens (tertiary/aromatic N) is 2. The molecule has 0 bridgehead atoms. The van der Waals surface area contributed by atoms with Gasteiger partial charge in [-0.15, -0.1) is 0 Å². The van der Waals surface area contributed by atoms with Crippen LogP contribution in [-0.4, -0.2) is 17.1 Å². The fraction of sp³-hybridized carbons (Fsp3) is 0.147. The molecule has 1 aromatic heterocycles. The van der Waals surface area contributed by atoms with Crippen molar-refractivity contribution >= 4 is 34.2 Å². The van der Waals surface area contributed by atoms with E-state index in [0.29, 0.717) is 33.0 Å². The van der Waals surface area contributed by atoms with E-state index in [-0.39, 0.29) is 12.2 Å². The Morgan fingerprint density at radius 2 is 1.73 bits per heavy atom. The summed E-state index contributed by atoms with van der Waals surface area (Å²) < 4.78 is 13.7. The molecule has 1 unspecified atom stereocenters. The highest BCUT2D eigenvalue weighted by atomic mass is 32.1. The first kappa shape index (κ1) is 26.5. The van der Waals surface area contributed by atoms with Crippen LogP contribution in [0, 0.1) is 0 Å². The van der Waals surface area contributed by atoms with Crippen LogP contribution in [0.15, 0.2) is 118 Å². The lowest BCUT2D eigenvalue weighted by Crippen LogP contribution is -2.39. The van der Waals surface area contributed by atoms with Gasteiger partial charge >= 0.3 is 5.97 Å². The van der Waals surface area contributed by atoms with Crippen molar-refractivity contribution in [2.75, 3.05) is 6.61 Å². The van der Waals surface area contributed by atoms with Crippen molar-refractivity contribution in [1.82, 2.24) is 4.57 Å². The first-order valence-corrected chi connectivity index (χ1v) is 14.3. The summed E-state index contributed by atoms with van der Waals surface area (Å²) in [6.07, 6.45) is 1.85. The van der Waals surface area contributed by atoms with Gasteiger partial charge in [-0.25, -0.2) is 9.79 Å². The number of benzene rings is 4. The molecule has 0 saturated heterocycles. The summed E-state index contributed by atoms with van der Waals surface area (Å²) in [6, 6.07) is 31.0. The Morgan fingerprint density at radius 3 is 2.56 bits per heavy atom. The van der Waals surface area contributed by atoms with Crippen LogP contribution >= 0.6 is 11.3 Å². The van der Waals surface area contributed by atoms with E-state index in [1.165, 1.54) is 16.7 Å². The molecule has 1 aliphatic rings. The van der Waals surface area contributed by atoms with Crippen molar-refractivity contribution in [1.29, 1.82) is 0 Å². The highest BCUT2D eigenvalue weighted by Crippen LogP contribution is 2.30. The van der Waals surface area contributed by atoms with Crippen molar-refractivity contribution in [2.45, 2.75) is 26.5 Å². The lowest BCUT2D eigenvalue weighted by Gasteiger charge is -2.24. The Hall–Kier alpha value is -4.75. The number of hydrogen-bond donors (Lipinski definition) is 0. The molecule has 4 aromatic carbocycles. The fourth-order valence-electron chi connectivity index (χ4n) is 5.17. The van der Waals surface area contributed by atoms with Gasteiger partial charge in [0.15, 0.2) is 4.80 Å². The summed E-state index contributed by atoms with van der Waals surface area (Å²) in [7, 11) is 0. The van der Waals surface area contributed by atoms with E-state index in [0.717, 1.165) is 22.1 Å². The number of thiazole rings is 1. The molecule has 0 saturated carbocycles. The number of allylic oxidation sites excluding steroid dienone is 1. The van der Waals surface area contributed by atoms with Gasteiger partial charge in [-0.2, -0.15) is 0 Å². The molecular weight excluding hydrogens is 532 g/mol. The number of esters is 1. The maximum atomic E-state index is 13.8. The average molecular weight is 561 g/mol. The Balaban J connectivity index is 1.36. The summed E-state index contributed by atoms with van der Waals surface area (Å²) in [5, 5.41) is 2.34. The molecule has 1 atom stereocenters. The van der Waals surface area contributed by atoms with Gasteiger partial charge in [0.25, 0.3) is 5.56 Å². The molecule has 0 amide bonds. The van der Waals surface area contributed by atoms with E-state index < -0.39 is 12.0 Å². The van der Waals surface area contributed by atoms with Gasteiger partial charge in [-0.3, -0.25) is 9.36 Å². The minimum absolute atomic E-state index is 0.209. The smallest absolute Gasteiger partial charge is 0.338 e. The first-order valence-electron chi connectivity index (χ1n) is 13.5. The number of ether oxygens (including phenoxy) is 2. The van der Waals surface area contributed by atoms with Crippen molar-refractivity contribution < 1.29 is 14.3 Å². The third kappa shape index (κ3) is 5.24. The number of hydrogen-bond acceptors (Lipinski definition) is 6. The molecule has 6 nitrogen and oxygen atoms in total. The van der Waals surface area contributed by atoms with Crippen LogP contribution in [-0.2, 0) is 16.1 Å². The van der Waals surface area contributed by atoms with Crippen molar-refractivity contribution in [2.24, 2.45) is 4.99 Å². The van der Waals surface area contributed by atoms with E-state index in [1.54, 1.807) is 18.4 Å². The van der Waals surface area contributed by atoms with Crippen LogP contribution < -0.4 is 19.6 Å². The Morgan fingerprint density at radius 1 is 0.976 bits per heavy atom. The van der Waals surface area contributed by atoms with Crippen molar-refractivity contribution in [3.8, 4) is 5.75 Å². The molecular formula is C34H28N2O4S. The normalized spacial score (nSPS) is 15.0. The molecule has 7 heteroatoms. The molecule has 1 aliphatic heterocycles. The SMILES string of the molecule is CCOC(=O)C1=C(C)N=c2sc(=Cc3cccc(OCc4cccc5ccccc45)c3)c(=O)n2C1c1ccccc1. The van der Waals surface area contributed by atoms with Gasteiger partial charge in [0, 0.05) is 0 Å². The third-order valence-corrected chi connectivity index (χ3v) is 8.05. The lowest BCUT2D eigenvalue weighted by molar-refractivity contribution is -0.139. The predicted octanol–water partition coefficient (Wildman–Crippen LogP) is 5.53. The minimum Gasteiger partial charge on any atom is -0.489 e. The number of rotatable bonds is 7. The minimum atomic E-state index is -0.621. The van der Waals surface area contributed by atoms with Crippen LogP contribution in [0.2, 0.25) is 0 Å². The standard InChI is InChI=1S/C34H28N2O4S/c1-3-39-33(38)30-22(2)35-34-36(31(30)25-13-5-4-6-14-25)32(37)29(41-34)20-23-11-9-17-27(19-23)40-21-26-16-10-15-24-12-7-8-18-28(24)26/h4-20,31H,3,21H2,1-2H3. The summed E-state index contributed by atoms with van der Waals surface area (Å²) in [6.45, 7) is 4.22. The van der Waals surface area contributed by atoms with E-state index in [4.69, 9.17) is 9.47 Å². The van der Waals surface area contributed by atoms with E-state index in [1.807, 2.05) is 78.9 Å². The summed E-state index contributed by atoms with van der Waals surface area (Å²) in [4.78, 5) is 32.0. The topological polar surface area (TPSA) is 69.9 Å². The molecule has 0 spiro atoms. The largest absolute Gasteiger partial charge is 0.489 e. The maximum absolute atomic E-state index is 13.8. The third-order valence-electron chi connectivity index (χ3n) is 7.06. The number of aromatic nitrogens is 1. The van der Waals surface area contributed by atoms with Gasteiger partial charge in [0.2, 0.25) is 0 Å². The first-order chi connectivity index (χ1) is 20.0. The van der Waals surface area contributed by atoms with Gasteiger partial charge in [0.05, 0.1) is 28.5 Å². The molecule has 5 aromatic rings. The Labute approximate surface area is 241 Å². The second-order valence-electron chi connectivity index (χ2n) is 9.71. The molecule has 204 valence electrons. The monoisotopic (exact) mass is 560 g/mol. The molecule has 2 heterocycles. The maximum Gasteiger partial charge on any atom is 0.338 e. The van der Waals surface area contributed by atoms with Gasteiger partial charge < -0.3 is 9.47 Å². The summed E-state index contributed by atoms with van der Waals surface area (Å²) >= 11 is 1.30. The van der Waals surface area contributed by atoms with E-state index in [9.17, 15) is 9.59 Å². The van der Waals surface area contributed by atoms with Crippen LogP contribution in [0.5, 0.6) is 5.75 Å². The second kappa shape index (κ2) is 11.4. The van der Waals surface area contributed by atoms with E-state index >= 15 is 0 Å². The van der Waals surface area contributed by atoms with E-state index in [2.05, 4.69) is 29.3 Å². The zero-order chi connectivity index (χ0) is 28.3. The second-order valence-corrected chi connectivity index (χ2v) is 10.7. The quantitative estimate of drug-likeness (QED) is 0.246. The molecule has 0 radical (unpaired) electrons. The zero-order valence-corrected chi connectivity index (χ0v) is 23.6. The predicted molar refractivity (Wildman–Crippen MR) is 162 cm³/mol. The molecule has 0 aliphatic carbocycles. The van der Waals surface area contributed by atoms with Crippen molar-refractivity contribution in [3.63, 3.8) is 0 Å². The highest BCUT2D eigenvalue weighted by Gasteiger charge is 2.33. The molecule has 6 rings (SSSR count). The average Bonchev–Trinajstić information content (AvgIpc) is 3.29. The fourth-order valence-corrected chi connectivity index (χ4v) is 6.21. The number of carbonyl (C=O) groups excluding carboxylic acids is 1. The Kier molecular flexibility index (Phi) is 7.35. The summed E-state index contributed by atoms with van der Waals surface area (Å²) in [5.74, 6) is 0.245. The number of carbonyl (C=O) groups is 1. The van der Waals surface area contributed by atoms with Gasteiger partial charge in [-0.05, 0) is 59.5 Å². The number of fused-ring (bicyclic) bond motifs is 2. The van der Waals surface area contributed by atoms with Crippen LogP contribution in [0.3, 0.4) is 0 Å². The highest BCUT2D eigenvalue weighted by molar-refractivity contribution is 7.07. The summed E-state index contributed by atoms with van der Waals surface area (Å²) in [5.41, 5.74) is 3.48. The van der Waals surface area contributed by atoms with Crippen LogP contribution in [0.1, 0.15) is 36.6 Å². The van der Waals surface area contributed by atoms with Gasteiger partial charge in [0.1, 0.15) is 12.4 Å². The van der Waals surface area contributed by atoms with Crippen molar-refractivity contribution in [3.05, 3.63) is 145 Å². The van der Waals surface area contributed by atoms with Crippen LogP contribution in [0.4, 0.5) is 0 Å². The van der Waals surface area contributed by atoms with Crippen LogP contribution in [0.25, 0.3) is 16.8 Å². The van der Waals surface area contributed by atoms with Gasteiger partial charge in [-0.1, -0.05) is 96.3 Å². The Bertz CT molecular complexity index is 1970. The lowest BCUT2D eigenvalue weighted by atomic mass is 9.96. The molecule has 0 N–H and O–H groups in total. The molecule has 0 fully saturated rings.